The van der Waals surface area contributed by atoms with Crippen LogP contribution in [0.1, 0.15) is 37.8 Å². The lowest BCUT2D eigenvalue weighted by Crippen LogP contribution is -2.56. The number of likely N-dealkylation sites (N-methyl/N-ethyl adjacent to an activating group) is 1. The van der Waals surface area contributed by atoms with E-state index in [0.29, 0.717) is 5.02 Å². The van der Waals surface area contributed by atoms with Gasteiger partial charge in [0.2, 0.25) is 11.8 Å². The molecule has 1 aromatic carbocycles. The fraction of sp³-hybridized carbons (Fsp3) is 0.550. The zero-order valence-corrected chi connectivity index (χ0v) is 16.9. The Morgan fingerprint density at radius 1 is 1.18 bits per heavy atom. The van der Waals surface area contributed by atoms with E-state index in [1.165, 1.54) is 4.90 Å². The van der Waals surface area contributed by atoms with E-state index in [-0.39, 0.29) is 18.4 Å². The molecule has 0 spiro atoms. The number of rotatable bonds is 4. The molecule has 7 nitrogen and oxygen atoms in total. The molecule has 0 aromatic heterocycles. The van der Waals surface area contributed by atoms with Crippen LogP contribution >= 0.6 is 11.6 Å². The second-order valence-electron chi connectivity index (χ2n) is 7.35. The third-order valence-electron chi connectivity index (χ3n) is 5.35. The number of carbonyl (C=O) groups excluding carboxylic acids is 3. The van der Waals surface area contributed by atoms with Crippen LogP contribution in [0.15, 0.2) is 24.3 Å². The maximum atomic E-state index is 12.9. The first-order chi connectivity index (χ1) is 13.4. The van der Waals surface area contributed by atoms with Gasteiger partial charge in [-0.1, -0.05) is 23.7 Å². The van der Waals surface area contributed by atoms with Crippen molar-refractivity contribution in [3.63, 3.8) is 0 Å². The Labute approximate surface area is 169 Å². The maximum absolute atomic E-state index is 12.9. The Kier molecular flexibility index (Phi) is 6.57. The van der Waals surface area contributed by atoms with Crippen molar-refractivity contribution in [1.29, 1.82) is 0 Å². The van der Waals surface area contributed by atoms with Crippen LogP contribution in [0.2, 0.25) is 5.02 Å². The molecule has 152 valence electrons. The van der Waals surface area contributed by atoms with Crippen LogP contribution in [0.25, 0.3) is 0 Å². The minimum Gasteiger partial charge on any atom is -0.356 e. The van der Waals surface area contributed by atoms with E-state index in [1.807, 2.05) is 0 Å². The number of amides is 3. The van der Waals surface area contributed by atoms with E-state index in [9.17, 15) is 14.4 Å². The molecule has 1 aromatic rings. The van der Waals surface area contributed by atoms with E-state index in [1.54, 1.807) is 43.1 Å². The van der Waals surface area contributed by atoms with E-state index < -0.39 is 24.1 Å². The van der Waals surface area contributed by atoms with Crippen LogP contribution in [0.5, 0.6) is 0 Å². The van der Waals surface area contributed by atoms with Gasteiger partial charge in [-0.25, -0.2) is 0 Å². The first kappa shape index (κ1) is 20.6. The van der Waals surface area contributed by atoms with Crippen LogP contribution in [-0.2, 0) is 19.1 Å². The van der Waals surface area contributed by atoms with E-state index in [4.69, 9.17) is 16.3 Å². The van der Waals surface area contributed by atoms with Crippen molar-refractivity contribution in [2.24, 2.45) is 0 Å². The van der Waals surface area contributed by atoms with E-state index >= 15 is 0 Å². The van der Waals surface area contributed by atoms with Crippen molar-refractivity contribution in [2.75, 3.05) is 26.7 Å². The van der Waals surface area contributed by atoms with Gasteiger partial charge in [0, 0.05) is 25.2 Å². The van der Waals surface area contributed by atoms with Crippen LogP contribution < -0.4 is 5.32 Å². The molecule has 0 radical (unpaired) electrons. The lowest BCUT2D eigenvalue weighted by molar-refractivity contribution is -0.163. The molecule has 0 bridgehead atoms. The third kappa shape index (κ3) is 4.47. The fourth-order valence-corrected chi connectivity index (χ4v) is 3.86. The lowest BCUT2D eigenvalue weighted by atomic mass is 9.97. The summed E-state index contributed by atoms with van der Waals surface area (Å²) in [4.78, 5) is 41.0. The molecule has 2 aliphatic rings. The van der Waals surface area contributed by atoms with Crippen LogP contribution in [0.3, 0.4) is 0 Å². The number of ether oxygens (including phenoxy) is 1. The predicted molar refractivity (Wildman–Crippen MR) is 105 cm³/mol. The zero-order chi connectivity index (χ0) is 20.3. The second-order valence-corrected chi connectivity index (χ2v) is 7.79. The summed E-state index contributed by atoms with van der Waals surface area (Å²) in [5.41, 5.74) is 0.745. The number of carbonyl (C=O) groups is 3. The molecule has 1 N–H and O–H groups in total. The highest BCUT2D eigenvalue weighted by molar-refractivity contribution is 6.30. The average molecular weight is 408 g/mol. The van der Waals surface area contributed by atoms with Crippen molar-refractivity contribution in [2.45, 2.75) is 44.4 Å². The largest absolute Gasteiger partial charge is 0.356 e. The Morgan fingerprint density at radius 3 is 2.46 bits per heavy atom. The summed E-state index contributed by atoms with van der Waals surface area (Å²) in [6.07, 6.45) is 2.21. The smallest absolute Gasteiger partial charge is 0.252 e. The number of nitrogens with zero attached hydrogens (tertiary/aromatic N) is 2. The number of halogens is 1. The maximum Gasteiger partial charge on any atom is 0.252 e. The van der Waals surface area contributed by atoms with Crippen molar-refractivity contribution < 1.29 is 19.1 Å². The predicted octanol–water partition coefficient (Wildman–Crippen LogP) is 1.76. The summed E-state index contributed by atoms with van der Waals surface area (Å²) in [6.45, 7) is 2.96. The molecular weight excluding hydrogens is 382 g/mol. The minimum atomic E-state index is -0.902. The van der Waals surface area contributed by atoms with Gasteiger partial charge in [0.05, 0.1) is 6.04 Å². The number of hydrogen-bond donors (Lipinski definition) is 1. The van der Waals surface area contributed by atoms with E-state index in [2.05, 4.69) is 5.32 Å². The minimum absolute atomic E-state index is 0.0867. The summed E-state index contributed by atoms with van der Waals surface area (Å²) in [7, 11) is 1.65. The molecular formula is C20H26ClN3O4. The number of hydrogen-bond acceptors (Lipinski definition) is 4. The first-order valence-electron chi connectivity index (χ1n) is 9.60. The van der Waals surface area contributed by atoms with Gasteiger partial charge < -0.3 is 19.9 Å². The topological polar surface area (TPSA) is 79.0 Å². The number of nitrogens with one attached hydrogen (secondary N) is 1. The SMILES string of the molecule is CC(NC(=O)C1OCC(=O)N(C)C1c1ccc(Cl)cc1)C(=O)N1CCCCC1. The molecule has 0 saturated carbocycles. The van der Waals surface area contributed by atoms with Crippen molar-refractivity contribution in [3.05, 3.63) is 34.9 Å². The van der Waals surface area contributed by atoms with Gasteiger partial charge >= 0.3 is 0 Å². The van der Waals surface area contributed by atoms with Gasteiger partial charge in [-0.15, -0.1) is 0 Å². The lowest BCUT2D eigenvalue weighted by Gasteiger charge is -2.39. The van der Waals surface area contributed by atoms with E-state index in [0.717, 1.165) is 37.9 Å². The quantitative estimate of drug-likeness (QED) is 0.824. The Morgan fingerprint density at radius 2 is 1.82 bits per heavy atom. The second kappa shape index (κ2) is 8.92. The Hall–Kier alpha value is -2.12. The summed E-state index contributed by atoms with van der Waals surface area (Å²) in [5.74, 6) is -0.699. The van der Waals surface area contributed by atoms with Gasteiger partial charge in [0.25, 0.3) is 5.91 Å². The summed E-state index contributed by atoms with van der Waals surface area (Å²) >= 11 is 5.96. The van der Waals surface area contributed by atoms with Crippen LogP contribution in [0.4, 0.5) is 0 Å². The average Bonchev–Trinajstić information content (AvgIpc) is 2.70. The molecule has 3 atom stereocenters. The highest BCUT2D eigenvalue weighted by atomic mass is 35.5. The summed E-state index contributed by atoms with van der Waals surface area (Å²) in [6, 6.07) is 5.73. The molecule has 2 fully saturated rings. The van der Waals surface area contributed by atoms with Gasteiger partial charge in [0.15, 0.2) is 6.10 Å². The van der Waals surface area contributed by atoms with Gasteiger partial charge in [-0.05, 0) is 43.9 Å². The van der Waals surface area contributed by atoms with Gasteiger partial charge in [0.1, 0.15) is 12.6 Å². The number of benzene rings is 1. The summed E-state index contributed by atoms with van der Waals surface area (Å²) in [5, 5.41) is 3.34. The number of piperidine rings is 1. The highest BCUT2D eigenvalue weighted by Gasteiger charge is 2.41. The van der Waals surface area contributed by atoms with Gasteiger partial charge in [-0.2, -0.15) is 0 Å². The molecule has 3 rings (SSSR count). The fourth-order valence-electron chi connectivity index (χ4n) is 3.74. The molecule has 3 amide bonds. The van der Waals surface area contributed by atoms with Crippen molar-refractivity contribution in [3.8, 4) is 0 Å². The molecule has 0 aliphatic carbocycles. The first-order valence-corrected chi connectivity index (χ1v) is 9.98. The number of morpholine rings is 1. The molecule has 2 aliphatic heterocycles. The van der Waals surface area contributed by atoms with Crippen LogP contribution in [0, 0.1) is 0 Å². The highest BCUT2D eigenvalue weighted by Crippen LogP contribution is 2.30. The Bertz CT molecular complexity index is 733. The summed E-state index contributed by atoms with van der Waals surface area (Å²) < 4.78 is 5.58. The third-order valence-corrected chi connectivity index (χ3v) is 5.60. The molecule has 2 heterocycles. The molecule has 8 heteroatoms. The molecule has 2 saturated heterocycles. The standard InChI is InChI=1S/C20H26ClN3O4/c1-13(20(27)24-10-4-3-5-11-24)22-19(26)18-17(23(2)16(25)12-28-18)14-6-8-15(21)9-7-14/h6-9,13,17-18H,3-5,10-12H2,1-2H3,(H,22,26). The van der Waals surface area contributed by atoms with Crippen LogP contribution in [-0.4, -0.2) is 66.4 Å². The van der Waals surface area contributed by atoms with Crippen molar-refractivity contribution in [1.82, 2.24) is 15.1 Å². The zero-order valence-electron chi connectivity index (χ0n) is 16.2. The molecule has 3 unspecified atom stereocenters. The number of likely N-dealkylation sites (tertiary alicyclic amines) is 1. The van der Waals surface area contributed by atoms with Crippen molar-refractivity contribution >= 4 is 29.3 Å². The monoisotopic (exact) mass is 407 g/mol. The normalized spacial score (nSPS) is 24.0. The van der Waals surface area contributed by atoms with Gasteiger partial charge in [-0.3, -0.25) is 14.4 Å². The molecule has 28 heavy (non-hydrogen) atoms. The Balaban J connectivity index is 1.73.